The van der Waals surface area contributed by atoms with Crippen LogP contribution in [0.2, 0.25) is 0 Å². The number of amides is 2. The van der Waals surface area contributed by atoms with Crippen LogP contribution in [0.4, 0.5) is 4.79 Å². The number of rotatable bonds is 7. The van der Waals surface area contributed by atoms with Crippen LogP contribution in [-0.4, -0.2) is 79.0 Å². The third-order valence-corrected chi connectivity index (χ3v) is 3.56. The second kappa shape index (κ2) is 8.84. The Hall–Kier alpha value is -1.34. The Labute approximate surface area is 125 Å². The summed E-state index contributed by atoms with van der Waals surface area (Å²) in [5.74, 6) is -0.959. The largest absolute Gasteiger partial charge is 0.480 e. The van der Waals surface area contributed by atoms with E-state index in [1.165, 1.54) is 0 Å². The fraction of sp³-hybridized carbons (Fsp3) is 0.857. The number of piperidine rings is 1. The molecule has 122 valence electrons. The van der Waals surface area contributed by atoms with Crippen molar-refractivity contribution in [2.45, 2.75) is 38.8 Å². The van der Waals surface area contributed by atoms with Gasteiger partial charge in [-0.05, 0) is 26.7 Å². The molecule has 0 radical (unpaired) electrons. The molecular formula is C14H26N2O5. The Morgan fingerprint density at radius 2 is 1.95 bits per heavy atom. The molecule has 1 aliphatic rings. The maximum atomic E-state index is 12.5. The third kappa shape index (κ3) is 5.89. The van der Waals surface area contributed by atoms with Crippen molar-refractivity contribution in [3.05, 3.63) is 0 Å². The van der Waals surface area contributed by atoms with Crippen LogP contribution >= 0.6 is 0 Å². The summed E-state index contributed by atoms with van der Waals surface area (Å²) in [6.45, 7) is 5.97. The first-order valence-electron chi connectivity index (χ1n) is 7.33. The predicted octanol–water partition coefficient (Wildman–Crippen LogP) is 1.03. The van der Waals surface area contributed by atoms with Gasteiger partial charge in [-0.1, -0.05) is 0 Å². The molecule has 0 atom stereocenters. The first-order chi connectivity index (χ1) is 9.95. The van der Waals surface area contributed by atoms with E-state index in [-0.39, 0.29) is 24.8 Å². The summed E-state index contributed by atoms with van der Waals surface area (Å²) >= 11 is 0. The number of methoxy groups -OCH3 is 1. The van der Waals surface area contributed by atoms with Crippen molar-refractivity contribution in [3.63, 3.8) is 0 Å². The Balaban J connectivity index is 2.44. The van der Waals surface area contributed by atoms with Gasteiger partial charge >= 0.3 is 12.0 Å². The maximum absolute atomic E-state index is 12.5. The monoisotopic (exact) mass is 302 g/mol. The van der Waals surface area contributed by atoms with Gasteiger partial charge in [-0.15, -0.1) is 0 Å². The van der Waals surface area contributed by atoms with Crippen LogP contribution in [0.3, 0.4) is 0 Å². The SMILES string of the molecule is COCCN(C(=O)N1CCC(OCC(=O)O)CC1)C(C)C. The Morgan fingerprint density at radius 1 is 1.33 bits per heavy atom. The van der Waals surface area contributed by atoms with Crippen molar-refractivity contribution >= 4 is 12.0 Å². The van der Waals surface area contributed by atoms with Crippen LogP contribution in [0, 0.1) is 0 Å². The quantitative estimate of drug-likeness (QED) is 0.760. The summed E-state index contributed by atoms with van der Waals surface area (Å²) in [7, 11) is 1.62. The lowest BCUT2D eigenvalue weighted by Gasteiger charge is -2.37. The lowest BCUT2D eigenvalue weighted by Crippen LogP contribution is -2.51. The Morgan fingerprint density at radius 3 is 2.43 bits per heavy atom. The number of urea groups is 1. The molecule has 1 saturated heterocycles. The standard InChI is InChI=1S/C14H26N2O5/c1-11(2)16(8-9-20-3)14(19)15-6-4-12(5-7-15)21-10-13(17)18/h11-12H,4-10H2,1-3H3,(H,17,18). The van der Waals surface area contributed by atoms with Gasteiger partial charge in [0.2, 0.25) is 0 Å². The van der Waals surface area contributed by atoms with Crippen LogP contribution in [0.25, 0.3) is 0 Å². The predicted molar refractivity (Wildman–Crippen MR) is 77.3 cm³/mol. The van der Waals surface area contributed by atoms with Crippen molar-refractivity contribution in [2.75, 3.05) is 40.0 Å². The van der Waals surface area contributed by atoms with E-state index in [2.05, 4.69) is 0 Å². The fourth-order valence-electron chi connectivity index (χ4n) is 2.35. The van der Waals surface area contributed by atoms with E-state index in [1.807, 2.05) is 13.8 Å². The number of ether oxygens (including phenoxy) is 2. The average molecular weight is 302 g/mol. The molecule has 7 heteroatoms. The zero-order valence-corrected chi connectivity index (χ0v) is 13.1. The van der Waals surface area contributed by atoms with E-state index in [1.54, 1.807) is 16.9 Å². The summed E-state index contributed by atoms with van der Waals surface area (Å²) < 4.78 is 10.3. The molecule has 1 N–H and O–H groups in total. The summed E-state index contributed by atoms with van der Waals surface area (Å²) in [6, 6.07) is 0.132. The molecule has 0 spiro atoms. The number of hydrogen-bond donors (Lipinski definition) is 1. The van der Waals surface area contributed by atoms with Gasteiger partial charge in [0.25, 0.3) is 0 Å². The molecule has 1 fully saturated rings. The molecule has 0 bridgehead atoms. The zero-order valence-electron chi connectivity index (χ0n) is 13.1. The Bertz CT molecular complexity index is 340. The van der Waals surface area contributed by atoms with E-state index in [0.29, 0.717) is 39.1 Å². The maximum Gasteiger partial charge on any atom is 0.329 e. The van der Waals surface area contributed by atoms with E-state index < -0.39 is 5.97 Å². The summed E-state index contributed by atoms with van der Waals surface area (Å²) in [5.41, 5.74) is 0. The van der Waals surface area contributed by atoms with Gasteiger partial charge < -0.3 is 24.4 Å². The molecule has 0 aromatic heterocycles. The van der Waals surface area contributed by atoms with Gasteiger partial charge in [-0.3, -0.25) is 0 Å². The minimum atomic E-state index is -0.959. The van der Waals surface area contributed by atoms with Gasteiger partial charge in [0.1, 0.15) is 6.61 Å². The summed E-state index contributed by atoms with van der Waals surface area (Å²) in [5, 5.41) is 8.59. The van der Waals surface area contributed by atoms with Crippen LogP contribution in [0.15, 0.2) is 0 Å². The molecule has 1 aliphatic heterocycles. The highest BCUT2D eigenvalue weighted by Crippen LogP contribution is 2.16. The number of carboxylic acid groups (broad SMARTS) is 1. The molecule has 1 rings (SSSR count). The van der Waals surface area contributed by atoms with E-state index >= 15 is 0 Å². The highest BCUT2D eigenvalue weighted by molar-refractivity contribution is 5.75. The fourth-order valence-corrected chi connectivity index (χ4v) is 2.35. The highest BCUT2D eigenvalue weighted by Gasteiger charge is 2.27. The molecular weight excluding hydrogens is 276 g/mol. The Kier molecular flexibility index (Phi) is 7.45. The zero-order chi connectivity index (χ0) is 15.8. The second-order valence-electron chi connectivity index (χ2n) is 5.45. The molecule has 0 aliphatic carbocycles. The van der Waals surface area contributed by atoms with Gasteiger partial charge in [-0.2, -0.15) is 0 Å². The molecule has 0 aromatic carbocycles. The van der Waals surface area contributed by atoms with Gasteiger partial charge in [0.15, 0.2) is 0 Å². The topological polar surface area (TPSA) is 79.3 Å². The lowest BCUT2D eigenvalue weighted by atomic mass is 10.1. The lowest BCUT2D eigenvalue weighted by molar-refractivity contribution is -0.145. The summed E-state index contributed by atoms with van der Waals surface area (Å²) in [6.07, 6.45) is 1.28. The molecule has 7 nitrogen and oxygen atoms in total. The van der Waals surface area contributed by atoms with E-state index in [4.69, 9.17) is 14.6 Å². The van der Waals surface area contributed by atoms with Crippen LogP contribution in [0.1, 0.15) is 26.7 Å². The molecule has 1 heterocycles. The van der Waals surface area contributed by atoms with Crippen molar-refractivity contribution in [2.24, 2.45) is 0 Å². The minimum absolute atomic E-state index is 0.0127. The van der Waals surface area contributed by atoms with Crippen LogP contribution < -0.4 is 0 Å². The molecule has 0 unspecified atom stereocenters. The van der Waals surface area contributed by atoms with Crippen LogP contribution in [-0.2, 0) is 14.3 Å². The first-order valence-corrected chi connectivity index (χ1v) is 7.33. The van der Waals surface area contributed by atoms with Crippen molar-refractivity contribution in [1.82, 2.24) is 9.80 Å². The van der Waals surface area contributed by atoms with Crippen molar-refractivity contribution in [3.8, 4) is 0 Å². The number of carbonyl (C=O) groups is 2. The number of carboxylic acids is 1. The van der Waals surface area contributed by atoms with Crippen LogP contribution in [0.5, 0.6) is 0 Å². The second-order valence-corrected chi connectivity index (χ2v) is 5.45. The van der Waals surface area contributed by atoms with E-state index in [9.17, 15) is 9.59 Å². The number of likely N-dealkylation sites (tertiary alicyclic amines) is 1. The number of carbonyl (C=O) groups excluding carboxylic acids is 1. The minimum Gasteiger partial charge on any atom is -0.480 e. The average Bonchev–Trinajstić information content (AvgIpc) is 2.45. The first kappa shape index (κ1) is 17.7. The summed E-state index contributed by atoms with van der Waals surface area (Å²) in [4.78, 5) is 26.5. The molecule has 21 heavy (non-hydrogen) atoms. The van der Waals surface area contributed by atoms with Gasteiger partial charge in [-0.25, -0.2) is 9.59 Å². The number of aliphatic carboxylic acids is 1. The normalized spacial score (nSPS) is 16.3. The molecule has 0 saturated carbocycles. The van der Waals surface area contributed by atoms with Gasteiger partial charge in [0.05, 0.1) is 12.7 Å². The molecule has 2 amide bonds. The smallest absolute Gasteiger partial charge is 0.329 e. The van der Waals surface area contributed by atoms with Crippen molar-refractivity contribution < 1.29 is 24.2 Å². The van der Waals surface area contributed by atoms with Crippen molar-refractivity contribution in [1.29, 1.82) is 0 Å². The third-order valence-electron chi connectivity index (χ3n) is 3.56. The van der Waals surface area contributed by atoms with Gasteiger partial charge in [0, 0.05) is 32.8 Å². The highest BCUT2D eigenvalue weighted by atomic mass is 16.5. The molecule has 0 aromatic rings. The van der Waals surface area contributed by atoms with E-state index in [0.717, 1.165) is 0 Å². The number of nitrogens with zero attached hydrogens (tertiary/aromatic N) is 2. The number of hydrogen-bond acceptors (Lipinski definition) is 4.